The minimum Gasteiger partial charge on any atom is -0.456 e. The van der Waals surface area contributed by atoms with E-state index in [0.29, 0.717) is 17.1 Å². The van der Waals surface area contributed by atoms with Gasteiger partial charge in [-0.3, -0.25) is 0 Å². The van der Waals surface area contributed by atoms with Crippen molar-refractivity contribution in [1.29, 1.82) is 0 Å². The predicted molar refractivity (Wildman–Crippen MR) is 132 cm³/mol. The van der Waals surface area contributed by atoms with Crippen LogP contribution in [0.15, 0.2) is 40.1 Å². The monoisotopic (exact) mass is 481 g/mol. The lowest BCUT2D eigenvalue weighted by Gasteiger charge is -2.24. The van der Waals surface area contributed by atoms with Crippen LogP contribution in [0, 0.1) is 6.92 Å². The SMILES string of the molecule is Cc1cc(S(=O)(=O)c2ccc(N)cc2)c(C(=O)OC(C)(C)C)c2c3c(n(C)c12)CC1CCC3N1. The van der Waals surface area contributed by atoms with Crippen LogP contribution in [-0.4, -0.2) is 30.6 Å². The molecule has 7 nitrogen and oxygen atoms in total. The lowest BCUT2D eigenvalue weighted by atomic mass is 9.95. The molecule has 3 heterocycles. The highest BCUT2D eigenvalue weighted by Crippen LogP contribution is 2.45. The second kappa shape index (κ2) is 7.58. The van der Waals surface area contributed by atoms with Gasteiger partial charge < -0.3 is 20.4 Å². The zero-order valence-electron chi connectivity index (χ0n) is 20.2. The highest BCUT2D eigenvalue weighted by atomic mass is 32.2. The molecule has 5 rings (SSSR count). The number of rotatable bonds is 3. The normalized spacial score (nSPS) is 19.9. The summed E-state index contributed by atoms with van der Waals surface area (Å²) in [4.78, 5) is 13.8. The number of hydrogen-bond acceptors (Lipinski definition) is 6. The van der Waals surface area contributed by atoms with Crippen LogP contribution in [-0.2, 0) is 28.0 Å². The molecule has 3 aromatic rings. The lowest BCUT2D eigenvalue weighted by Crippen LogP contribution is -2.32. The first-order valence-electron chi connectivity index (χ1n) is 11.6. The molecule has 0 saturated carbocycles. The van der Waals surface area contributed by atoms with Crippen LogP contribution < -0.4 is 11.1 Å². The second-order valence-electron chi connectivity index (χ2n) is 10.5. The van der Waals surface area contributed by atoms with Crippen LogP contribution in [0.4, 0.5) is 5.69 Å². The van der Waals surface area contributed by atoms with Gasteiger partial charge in [0.15, 0.2) is 0 Å². The minimum atomic E-state index is -4.02. The van der Waals surface area contributed by atoms with E-state index < -0.39 is 21.4 Å². The molecule has 0 aliphatic carbocycles. The first kappa shape index (κ1) is 22.9. The Morgan fingerprint density at radius 3 is 2.50 bits per heavy atom. The maximum absolute atomic E-state index is 13.9. The minimum absolute atomic E-state index is 0.0231. The van der Waals surface area contributed by atoms with Crippen LogP contribution in [0.1, 0.15) is 66.8 Å². The Balaban J connectivity index is 1.87. The Labute approximate surface area is 200 Å². The number of nitrogens with two attached hydrogens (primary N) is 1. The third-order valence-electron chi connectivity index (χ3n) is 6.89. The molecule has 2 aromatic carbocycles. The van der Waals surface area contributed by atoms with Gasteiger partial charge in [0.25, 0.3) is 0 Å². The Hall–Kier alpha value is -2.84. The molecule has 2 aliphatic heterocycles. The van der Waals surface area contributed by atoms with Gasteiger partial charge in [0.05, 0.1) is 20.9 Å². The van der Waals surface area contributed by atoms with Crippen molar-refractivity contribution in [1.82, 2.24) is 9.88 Å². The quantitative estimate of drug-likeness (QED) is 0.429. The van der Waals surface area contributed by atoms with Gasteiger partial charge in [-0.1, -0.05) is 0 Å². The van der Waals surface area contributed by atoms with Crippen molar-refractivity contribution < 1.29 is 17.9 Å². The van der Waals surface area contributed by atoms with E-state index in [1.54, 1.807) is 39.0 Å². The number of ether oxygens (including phenoxy) is 1. The van der Waals surface area contributed by atoms with Gasteiger partial charge in [0, 0.05) is 42.3 Å². The molecule has 1 aromatic heterocycles. The van der Waals surface area contributed by atoms with Gasteiger partial charge in [-0.15, -0.1) is 0 Å². The van der Waals surface area contributed by atoms with Crippen molar-refractivity contribution in [2.24, 2.45) is 7.05 Å². The largest absolute Gasteiger partial charge is 0.456 e. The average Bonchev–Trinajstić information content (AvgIpc) is 3.26. The van der Waals surface area contributed by atoms with Crippen LogP contribution in [0.25, 0.3) is 10.9 Å². The molecule has 2 aliphatic rings. The molecule has 2 bridgehead atoms. The molecule has 180 valence electrons. The van der Waals surface area contributed by atoms with Gasteiger partial charge in [-0.25, -0.2) is 13.2 Å². The summed E-state index contributed by atoms with van der Waals surface area (Å²) in [5, 5.41) is 4.35. The summed E-state index contributed by atoms with van der Waals surface area (Å²) in [5.74, 6) is -0.625. The summed E-state index contributed by atoms with van der Waals surface area (Å²) in [5.41, 5.74) is 9.49. The summed E-state index contributed by atoms with van der Waals surface area (Å²) < 4.78 is 35.7. The number of anilines is 1. The molecule has 0 spiro atoms. The van der Waals surface area contributed by atoms with E-state index in [2.05, 4.69) is 9.88 Å². The maximum Gasteiger partial charge on any atom is 0.340 e. The van der Waals surface area contributed by atoms with E-state index in [4.69, 9.17) is 10.5 Å². The number of benzene rings is 2. The van der Waals surface area contributed by atoms with Crippen molar-refractivity contribution >= 4 is 32.4 Å². The van der Waals surface area contributed by atoms with Crippen LogP contribution >= 0.6 is 0 Å². The maximum atomic E-state index is 13.9. The van der Waals surface area contributed by atoms with E-state index >= 15 is 0 Å². The summed E-state index contributed by atoms with van der Waals surface area (Å²) in [6.45, 7) is 7.26. The van der Waals surface area contributed by atoms with Crippen LogP contribution in [0.2, 0.25) is 0 Å². The number of aryl methyl sites for hydroxylation is 2. The second-order valence-corrected chi connectivity index (χ2v) is 12.4. The Bertz CT molecular complexity index is 1430. The van der Waals surface area contributed by atoms with Crippen LogP contribution in [0.5, 0.6) is 0 Å². The van der Waals surface area contributed by atoms with Gasteiger partial charge in [0.2, 0.25) is 9.84 Å². The number of aromatic nitrogens is 1. The van der Waals surface area contributed by atoms with Crippen molar-refractivity contribution in [3.8, 4) is 0 Å². The van der Waals surface area contributed by atoms with Gasteiger partial charge >= 0.3 is 5.97 Å². The molecule has 1 saturated heterocycles. The number of esters is 1. The molecular weight excluding hydrogens is 450 g/mol. The zero-order chi connectivity index (χ0) is 24.6. The number of nitrogens with zero attached hydrogens (tertiary/aromatic N) is 1. The molecular formula is C26H31N3O4S. The highest BCUT2D eigenvalue weighted by Gasteiger charge is 2.40. The number of carbonyl (C=O) groups is 1. The third-order valence-corrected chi connectivity index (χ3v) is 8.68. The number of nitrogens with one attached hydrogen (secondary N) is 1. The van der Waals surface area contributed by atoms with E-state index in [1.165, 1.54) is 12.1 Å². The number of nitrogen functional groups attached to an aromatic ring is 1. The third kappa shape index (κ3) is 3.51. The van der Waals surface area contributed by atoms with Crippen molar-refractivity contribution in [3.63, 3.8) is 0 Å². The summed E-state index contributed by atoms with van der Waals surface area (Å²) >= 11 is 0. The fraction of sp³-hybridized carbons (Fsp3) is 0.423. The zero-order valence-corrected chi connectivity index (χ0v) is 21.0. The first-order valence-corrected chi connectivity index (χ1v) is 13.1. The molecule has 3 N–H and O–H groups in total. The van der Waals surface area contributed by atoms with Crippen LogP contribution in [0.3, 0.4) is 0 Å². The fourth-order valence-corrected chi connectivity index (χ4v) is 7.05. The molecule has 34 heavy (non-hydrogen) atoms. The number of fused-ring (bicyclic) bond motifs is 6. The van der Waals surface area contributed by atoms with Gasteiger partial charge in [-0.2, -0.15) is 0 Å². The van der Waals surface area contributed by atoms with E-state index in [1.807, 2.05) is 14.0 Å². The summed E-state index contributed by atoms with van der Waals surface area (Å²) in [7, 11) is -2.01. The average molecular weight is 482 g/mol. The fourth-order valence-electron chi connectivity index (χ4n) is 5.51. The molecule has 8 heteroatoms. The molecule has 2 unspecified atom stereocenters. The van der Waals surface area contributed by atoms with Crippen molar-refractivity contribution in [2.75, 3.05) is 5.73 Å². The Kier molecular flexibility index (Phi) is 5.11. The molecule has 0 radical (unpaired) electrons. The summed E-state index contributed by atoms with van der Waals surface area (Å²) in [6.07, 6.45) is 2.87. The predicted octanol–water partition coefficient (Wildman–Crippen LogP) is 4.21. The topological polar surface area (TPSA) is 103 Å². The van der Waals surface area contributed by atoms with Gasteiger partial charge in [-0.05, 0) is 82.0 Å². The van der Waals surface area contributed by atoms with Crippen molar-refractivity contribution in [3.05, 3.63) is 52.7 Å². The highest BCUT2D eigenvalue weighted by molar-refractivity contribution is 7.91. The van der Waals surface area contributed by atoms with E-state index in [0.717, 1.165) is 41.6 Å². The van der Waals surface area contributed by atoms with E-state index in [9.17, 15) is 13.2 Å². The number of sulfone groups is 1. The standard InChI is InChI=1S/C26H31N3O4S/c1-14-12-20(34(31,32)17-9-6-15(27)7-10-17)22(25(30)33-26(2,3)4)23-21-18-11-8-16(28-18)13-19(21)29(5)24(14)23/h6-7,9-10,12,16,18,28H,8,11,13,27H2,1-5H3. The van der Waals surface area contributed by atoms with E-state index in [-0.39, 0.29) is 21.4 Å². The summed E-state index contributed by atoms with van der Waals surface area (Å²) in [6, 6.07) is 8.18. The van der Waals surface area contributed by atoms with Crippen molar-refractivity contribution in [2.45, 2.75) is 74.4 Å². The smallest absolute Gasteiger partial charge is 0.340 e. The molecule has 2 atom stereocenters. The first-order chi connectivity index (χ1) is 15.9. The Morgan fingerprint density at radius 2 is 1.85 bits per heavy atom. The lowest BCUT2D eigenvalue weighted by molar-refractivity contribution is 0.00675. The Morgan fingerprint density at radius 1 is 1.18 bits per heavy atom. The van der Waals surface area contributed by atoms with Gasteiger partial charge in [0.1, 0.15) is 5.60 Å². The number of carbonyl (C=O) groups excluding carboxylic acids is 1. The number of hydrogen-bond donors (Lipinski definition) is 2. The molecule has 0 amide bonds. The molecule has 1 fully saturated rings.